The molecule has 0 aliphatic rings. The zero-order valence-corrected chi connectivity index (χ0v) is 7.75. The zero-order chi connectivity index (χ0) is 7.72. The average molecular weight is 211 g/mol. The second-order valence-corrected chi connectivity index (χ2v) is 2.47. The summed E-state index contributed by atoms with van der Waals surface area (Å²) in [5.74, 6) is -1.22. The summed E-state index contributed by atoms with van der Waals surface area (Å²) in [4.78, 5) is 13.9. The minimum atomic E-state index is -1.22. The smallest absolute Gasteiger partial charge is 0.543 e. The van der Waals surface area contributed by atoms with E-state index in [1.165, 1.54) is 10.8 Å². The zero-order valence-electron chi connectivity index (χ0n) is 6.17. The second-order valence-electron chi connectivity index (χ2n) is 1.76. The van der Waals surface area contributed by atoms with Crippen LogP contribution in [-0.4, -0.2) is 15.5 Å². The molecular formula is C5H4BrLiN2O2. The summed E-state index contributed by atoms with van der Waals surface area (Å²) in [6, 6.07) is 0. The predicted octanol–water partition coefficient (Wildman–Crippen LogP) is -3.45. The Morgan fingerprint density at radius 1 is 1.82 bits per heavy atom. The van der Waals surface area contributed by atoms with Crippen LogP contribution in [0.3, 0.4) is 0 Å². The molecule has 54 valence electrons. The molecule has 0 fully saturated rings. The summed E-state index contributed by atoms with van der Waals surface area (Å²) in [6.07, 6.45) is 1.24. The van der Waals surface area contributed by atoms with E-state index < -0.39 is 5.97 Å². The molecule has 0 spiro atoms. The molecule has 4 nitrogen and oxygen atoms in total. The van der Waals surface area contributed by atoms with Crippen molar-refractivity contribution in [3.63, 3.8) is 0 Å². The number of carbonyl (C=O) groups is 1. The number of aromatic carboxylic acids is 1. The van der Waals surface area contributed by atoms with Crippen LogP contribution in [0.15, 0.2) is 10.9 Å². The van der Waals surface area contributed by atoms with Crippen molar-refractivity contribution >= 4 is 21.9 Å². The van der Waals surface area contributed by atoms with Gasteiger partial charge in [0, 0.05) is 7.05 Å². The third kappa shape index (κ3) is 2.09. The number of carbonyl (C=O) groups excluding carboxylic acids is 1. The number of aromatic nitrogens is 2. The molecule has 11 heavy (non-hydrogen) atoms. The number of imidazole rings is 1. The third-order valence-corrected chi connectivity index (χ3v) is 1.88. The van der Waals surface area contributed by atoms with Gasteiger partial charge in [0.1, 0.15) is 0 Å². The number of halogens is 1. The molecule has 0 unspecified atom stereocenters. The molecule has 0 atom stereocenters. The maximum Gasteiger partial charge on any atom is 1.00 e. The monoisotopic (exact) mass is 210 g/mol. The molecule has 0 aromatic carbocycles. The molecule has 1 heterocycles. The van der Waals surface area contributed by atoms with Crippen LogP contribution in [0.25, 0.3) is 0 Å². The SMILES string of the molecule is Cn1c(C(=O)[O-])cnc1Br.[Li+]. The number of rotatable bonds is 1. The summed E-state index contributed by atoms with van der Waals surface area (Å²) in [5, 5.41) is 10.2. The van der Waals surface area contributed by atoms with Gasteiger partial charge in [-0.1, -0.05) is 0 Å². The van der Waals surface area contributed by atoms with Gasteiger partial charge in [-0.3, -0.25) is 0 Å². The first kappa shape index (κ1) is 10.8. The van der Waals surface area contributed by atoms with Crippen LogP contribution in [0.2, 0.25) is 0 Å². The minimum absolute atomic E-state index is 0. The quantitative estimate of drug-likeness (QED) is 0.454. The predicted molar refractivity (Wildman–Crippen MR) is 35.2 cm³/mol. The molecule has 0 saturated carbocycles. The van der Waals surface area contributed by atoms with Crippen LogP contribution in [0.1, 0.15) is 10.5 Å². The van der Waals surface area contributed by atoms with Gasteiger partial charge < -0.3 is 14.5 Å². The first-order valence-corrected chi connectivity index (χ1v) is 3.31. The second kappa shape index (κ2) is 3.95. The van der Waals surface area contributed by atoms with Gasteiger partial charge in [0.15, 0.2) is 4.73 Å². The fraction of sp³-hybridized carbons (Fsp3) is 0.200. The summed E-state index contributed by atoms with van der Waals surface area (Å²) in [5.41, 5.74) is 0.0619. The molecule has 0 bridgehead atoms. The number of carboxylic acids is 1. The van der Waals surface area contributed by atoms with Crippen LogP contribution < -0.4 is 24.0 Å². The number of hydrogen-bond acceptors (Lipinski definition) is 3. The van der Waals surface area contributed by atoms with Crippen LogP contribution in [-0.2, 0) is 7.05 Å². The number of hydrogen-bond donors (Lipinski definition) is 0. The fourth-order valence-corrected chi connectivity index (χ4v) is 0.870. The minimum Gasteiger partial charge on any atom is -0.543 e. The Hall–Kier alpha value is -0.243. The van der Waals surface area contributed by atoms with Gasteiger partial charge in [0.05, 0.1) is 17.9 Å². The molecule has 0 aliphatic carbocycles. The van der Waals surface area contributed by atoms with E-state index in [-0.39, 0.29) is 24.6 Å². The van der Waals surface area contributed by atoms with Crippen molar-refractivity contribution < 1.29 is 28.8 Å². The first-order chi connectivity index (χ1) is 4.63. The van der Waals surface area contributed by atoms with Crippen LogP contribution in [0.4, 0.5) is 0 Å². The summed E-state index contributed by atoms with van der Waals surface area (Å²) in [6.45, 7) is 0. The van der Waals surface area contributed by atoms with Crippen molar-refractivity contribution in [1.29, 1.82) is 0 Å². The van der Waals surface area contributed by atoms with Gasteiger partial charge in [-0.25, -0.2) is 4.98 Å². The summed E-state index contributed by atoms with van der Waals surface area (Å²) >= 11 is 3.05. The van der Waals surface area contributed by atoms with Gasteiger partial charge in [0.25, 0.3) is 0 Å². The maximum absolute atomic E-state index is 10.2. The van der Waals surface area contributed by atoms with E-state index in [9.17, 15) is 9.90 Å². The van der Waals surface area contributed by atoms with Gasteiger partial charge in [-0.05, 0) is 15.9 Å². The Morgan fingerprint density at radius 2 is 2.36 bits per heavy atom. The van der Waals surface area contributed by atoms with E-state index in [1.807, 2.05) is 0 Å². The molecule has 1 rings (SSSR count). The number of carboxylic acid groups (broad SMARTS) is 1. The van der Waals surface area contributed by atoms with E-state index >= 15 is 0 Å². The van der Waals surface area contributed by atoms with Gasteiger partial charge >= 0.3 is 18.9 Å². The fourth-order valence-electron chi connectivity index (χ4n) is 0.577. The van der Waals surface area contributed by atoms with Crippen LogP contribution in [0.5, 0.6) is 0 Å². The molecule has 0 N–H and O–H groups in total. The van der Waals surface area contributed by atoms with E-state index in [0.717, 1.165) is 0 Å². The van der Waals surface area contributed by atoms with Gasteiger partial charge in [-0.2, -0.15) is 0 Å². The molecule has 1 aromatic heterocycles. The van der Waals surface area contributed by atoms with Gasteiger partial charge in [0.2, 0.25) is 0 Å². The Morgan fingerprint density at radius 3 is 2.55 bits per heavy atom. The normalized spacial score (nSPS) is 8.91. The Bertz CT molecular complexity index is 273. The molecular weight excluding hydrogens is 207 g/mol. The summed E-state index contributed by atoms with van der Waals surface area (Å²) in [7, 11) is 1.59. The molecule has 0 radical (unpaired) electrons. The summed E-state index contributed by atoms with van der Waals surface area (Å²) < 4.78 is 1.86. The van der Waals surface area contributed by atoms with Crippen molar-refractivity contribution in [2.45, 2.75) is 0 Å². The molecule has 1 aromatic rings. The maximum atomic E-state index is 10.2. The van der Waals surface area contributed by atoms with E-state index in [4.69, 9.17) is 0 Å². The molecule has 0 aliphatic heterocycles. The van der Waals surface area contributed by atoms with Crippen LogP contribution in [0, 0.1) is 0 Å². The largest absolute Gasteiger partial charge is 1.00 e. The molecule has 0 amide bonds. The topological polar surface area (TPSA) is 58.0 Å². The standard InChI is InChI=1S/C5H5BrN2O2.Li/c1-8-3(4(9)10)2-7-5(8)6;/h2H,1H3,(H,9,10);/q;+1/p-1. The Balaban J connectivity index is 0.000001000. The van der Waals surface area contributed by atoms with Crippen molar-refractivity contribution in [3.05, 3.63) is 16.6 Å². The van der Waals surface area contributed by atoms with Crippen molar-refractivity contribution in [2.24, 2.45) is 7.05 Å². The van der Waals surface area contributed by atoms with Crippen molar-refractivity contribution in [2.75, 3.05) is 0 Å². The van der Waals surface area contributed by atoms with E-state index in [0.29, 0.717) is 4.73 Å². The Kier molecular flexibility index (Phi) is 3.87. The molecule has 6 heteroatoms. The average Bonchev–Trinajstić information content (AvgIpc) is 2.14. The van der Waals surface area contributed by atoms with Gasteiger partial charge in [-0.15, -0.1) is 0 Å². The Labute approximate surface area is 83.9 Å². The third-order valence-electron chi connectivity index (χ3n) is 1.14. The molecule has 0 saturated heterocycles. The number of nitrogens with zero attached hydrogens (tertiary/aromatic N) is 2. The van der Waals surface area contributed by atoms with E-state index in [2.05, 4.69) is 20.9 Å². The van der Waals surface area contributed by atoms with Crippen molar-refractivity contribution in [3.8, 4) is 0 Å². The van der Waals surface area contributed by atoms with E-state index in [1.54, 1.807) is 7.05 Å². The van der Waals surface area contributed by atoms with Crippen LogP contribution >= 0.6 is 15.9 Å². The first-order valence-electron chi connectivity index (χ1n) is 2.51. The van der Waals surface area contributed by atoms with Crippen molar-refractivity contribution in [1.82, 2.24) is 9.55 Å².